The van der Waals surface area contributed by atoms with Crippen LogP contribution in [-0.2, 0) is 0 Å². The van der Waals surface area contributed by atoms with Crippen LogP contribution in [-0.4, -0.2) is 21.0 Å². The lowest BCUT2D eigenvalue weighted by atomic mass is 9.71. The predicted octanol–water partition coefficient (Wildman–Crippen LogP) is 11.8. The van der Waals surface area contributed by atoms with E-state index in [1.54, 1.807) is 5.57 Å². The smallest absolute Gasteiger partial charge is 0.163 e. The second-order valence-corrected chi connectivity index (χ2v) is 18.7. The van der Waals surface area contributed by atoms with Crippen LogP contribution in [0.15, 0.2) is 180 Å². The van der Waals surface area contributed by atoms with Gasteiger partial charge in [0.05, 0.1) is 6.04 Å². The second kappa shape index (κ2) is 17.5. The Kier molecular flexibility index (Phi) is 11.0. The van der Waals surface area contributed by atoms with Crippen LogP contribution in [0.5, 0.6) is 0 Å². The zero-order chi connectivity index (χ0) is 41.2. The fourth-order valence-corrected chi connectivity index (χ4v) is 11.6. The maximum atomic E-state index is 5.43. The molecule has 1 fully saturated rings. The first kappa shape index (κ1) is 39.0. The Morgan fingerprint density at radius 1 is 0.629 bits per heavy atom. The summed E-state index contributed by atoms with van der Waals surface area (Å²) in [6.07, 6.45) is 56.2. The molecule has 8 aliphatic rings. The summed E-state index contributed by atoms with van der Waals surface area (Å²) in [5.74, 6) is 5.28. The molecule has 2 heterocycles. The van der Waals surface area contributed by atoms with Crippen LogP contribution in [0.3, 0.4) is 0 Å². The fraction of sp³-hybridized carbons (Fsp3) is 0.328. The Labute approximate surface area is 367 Å². The van der Waals surface area contributed by atoms with E-state index in [1.807, 2.05) is 0 Å². The predicted molar refractivity (Wildman–Crippen MR) is 255 cm³/mol. The number of fused-ring (bicyclic) bond motifs is 2. The summed E-state index contributed by atoms with van der Waals surface area (Å²) in [5, 5.41) is 6.80. The fourth-order valence-electron chi connectivity index (χ4n) is 11.6. The highest BCUT2D eigenvalue weighted by Crippen LogP contribution is 2.44. The molecule has 0 radical (unpaired) electrons. The largest absolute Gasteiger partial charge is 0.384 e. The third-order valence-corrected chi connectivity index (χ3v) is 15.0. The van der Waals surface area contributed by atoms with Crippen molar-refractivity contribution in [2.45, 2.75) is 94.4 Å². The molecule has 0 saturated heterocycles. The van der Waals surface area contributed by atoms with Crippen LogP contribution in [0.1, 0.15) is 106 Å². The number of benzene rings is 2. The van der Waals surface area contributed by atoms with Gasteiger partial charge in [0.1, 0.15) is 11.6 Å². The summed E-state index contributed by atoms with van der Waals surface area (Å²) in [6.45, 7) is 0. The molecule has 0 bridgehead atoms. The number of nitrogens with one attached hydrogen (secondary N) is 1. The number of hydrogen-bond acceptors (Lipinski definition) is 4. The molecule has 11 rings (SSSR count). The molecular formula is C58H58N4. The summed E-state index contributed by atoms with van der Waals surface area (Å²) >= 11 is 0. The molecule has 62 heavy (non-hydrogen) atoms. The van der Waals surface area contributed by atoms with E-state index in [9.17, 15) is 0 Å². The third-order valence-electron chi connectivity index (χ3n) is 15.0. The second-order valence-electron chi connectivity index (χ2n) is 18.7. The Hall–Kier alpha value is -5.87. The average molecular weight is 811 g/mol. The number of nitrogens with zero attached hydrogens (tertiary/aromatic N) is 3. The Morgan fingerprint density at radius 2 is 1.50 bits per heavy atom. The SMILES string of the molecule is C1=CCC(C2=CCC(c3nc(-c4cccc(C5CC(C6=CC=CC7C=CC=CC67)=CNC5C5=c6ccccc6=CCC5)c4)nc(C4CCC(C5=CCCC=C5)CC4)n3)C=C2)C=C1. The van der Waals surface area contributed by atoms with Crippen molar-refractivity contribution in [2.24, 2.45) is 23.7 Å². The molecule has 6 atom stereocenters. The maximum absolute atomic E-state index is 5.43. The van der Waals surface area contributed by atoms with Crippen LogP contribution in [0, 0.1) is 23.7 Å². The van der Waals surface area contributed by atoms with Crippen LogP contribution >= 0.6 is 0 Å². The van der Waals surface area contributed by atoms with Crippen molar-refractivity contribution in [1.29, 1.82) is 0 Å². The molecule has 3 aromatic rings. The maximum Gasteiger partial charge on any atom is 0.163 e. The van der Waals surface area contributed by atoms with Gasteiger partial charge < -0.3 is 5.32 Å². The summed E-state index contributed by atoms with van der Waals surface area (Å²) in [5.41, 5.74) is 9.73. The molecule has 7 aliphatic carbocycles. The minimum atomic E-state index is 0.129. The van der Waals surface area contributed by atoms with Crippen molar-refractivity contribution < 1.29 is 0 Å². The van der Waals surface area contributed by atoms with Crippen molar-refractivity contribution in [2.75, 3.05) is 0 Å². The molecule has 2 aromatic carbocycles. The highest BCUT2D eigenvalue weighted by Gasteiger charge is 2.35. The molecule has 0 amide bonds. The standard InChI is InChI=1S/C58H58N4/c1-3-14-39(15-4-1)41-28-32-45(33-29-41)56-60-57(46-34-30-42(31-35-46)40-16-5-2-6-17-40)62-58(61-56)48-23-11-22-47(36-48)54-37-49(52-26-12-20-43-18-7-9-24-50(43)52)38-59-55(54)53-27-13-21-44-19-8-10-25-51(44)53/h1,3-5,7-12,14,16-26,28-29,32,36,38-39,42-43,45-46,50,54-55,59H,2,6,13,15,27,30-31,33-35,37H2. The zero-order valence-electron chi connectivity index (χ0n) is 35.8. The summed E-state index contributed by atoms with van der Waals surface area (Å²) in [6, 6.07) is 18.4. The topological polar surface area (TPSA) is 50.7 Å². The summed E-state index contributed by atoms with van der Waals surface area (Å²) in [7, 11) is 0. The van der Waals surface area contributed by atoms with Gasteiger partial charge in [-0.25, -0.2) is 15.0 Å². The number of aromatic nitrogens is 3. The van der Waals surface area contributed by atoms with Crippen LogP contribution in [0.4, 0.5) is 0 Å². The Morgan fingerprint density at radius 3 is 2.37 bits per heavy atom. The van der Waals surface area contributed by atoms with E-state index in [0.29, 0.717) is 29.6 Å². The van der Waals surface area contributed by atoms with Crippen molar-refractivity contribution in [3.63, 3.8) is 0 Å². The summed E-state index contributed by atoms with van der Waals surface area (Å²) < 4.78 is 0. The van der Waals surface area contributed by atoms with Crippen molar-refractivity contribution in [3.05, 3.63) is 208 Å². The minimum Gasteiger partial charge on any atom is -0.384 e. The van der Waals surface area contributed by atoms with E-state index in [2.05, 4.69) is 169 Å². The lowest BCUT2D eigenvalue weighted by molar-refractivity contribution is 0.355. The normalized spacial score (nSPS) is 29.7. The van der Waals surface area contributed by atoms with Crippen LogP contribution in [0.25, 0.3) is 23.0 Å². The van der Waals surface area contributed by atoms with Crippen LogP contribution < -0.4 is 15.8 Å². The Balaban J connectivity index is 0.953. The number of rotatable bonds is 8. The first-order valence-corrected chi connectivity index (χ1v) is 23.6. The molecule has 1 saturated carbocycles. The molecular weight excluding hydrogens is 753 g/mol. The van der Waals surface area contributed by atoms with Crippen molar-refractivity contribution in [3.8, 4) is 11.4 Å². The van der Waals surface area contributed by atoms with E-state index in [1.165, 1.54) is 64.0 Å². The van der Waals surface area contributed by atoms with Gasteiger partial charge in [-0.2, -0.15) is 0 Å². The van der Waals surface area contributed by atoms with E-state index in [4.69, 9.17) is 15.0 Å². The molecule has 4 nitrogen and oxygen atoms in total. The van der Waals surface area contributed by atoms with Gasteiger partial charge >= 0.3 is 0 Å². The van der Waals surface area contributed by atoms with E-state index < -0.39 is 0 Å². The van der Waals surface area contributed by atoms with Crippen molar-refractivity contribution in [1.82, 2.24) is 20.3 Å². The molecule has 1 N–H and O–H groups in total. The Bertz CT molecular complexity index is 2700. The first-order valence-electron chi connectivity index (χ1n) is 23.6. The molecule has 0 spiro atoms. The van der Waals surface area contributed by atoms with Gasteiger partial charge in [-0.05, 0) is 126 Å². The van der Waals surface area contributed by atoms with E-state index in [-0.39, 0.29) is 17.9 Å². The van der Waals surface area contributed by atoms with E-state index >= 15 is 0 Å². The van der Waals surface area contributed by atoms with Gasteiger partial charge in [0, 0.05) is 47.3 Å². The zero-order valence-corrected chi connectivity index (χ0v) is 35.8. The van der Waals surface area contributed by atoms with Crippen molar-refractivity contribution >= 4 is 11.6 Å². The molecule has 1 aliphatic heterocycles. The van der Waals surface area contributed by atoms with Crippen LogP contribution in [0.2, 0.25) is 0 Å². The lowest BCUT2D eigenvalue weighted by Crippen LogP contribution is -2.43. The average Bonchev–Trinajstić information content (AvgIpc) is 3.36. The van der Waals surface area contributed by atoms with Gasteiger partial charge in [-0.15, -0.1) is 0 Å². The minimum absolute atomic E-state index is 0.129. The highest BCUT2D eigenvalue weighted by atomic mass is 15.0. The molecule has 4 heteroatoms. The van der Waals surface area contributed by atoms with Gasteiger partial charge in [-0.1, -0.05) is 152 Å². The van der Waals surface area contributed by atoms with E-state index in [0.717, 1.165) is 68.0 Å². The number of hydrogen-bond donors (Lipinski definition) is 1. The monoisotopic (exact) mass is 810 g/mol. The van der Waals surface area contributed by atoms with Gasteiger partial charge in [0.25, 0.3) is 0 Å². The first-order chi connectivity index (χ1) is 30.7. The van der Waals surface area contributed by atoms with Gasteiger partial charge in [0.15, 0.2) is 5.82 Å². The van der Waals surface area contributed by atoms with Gasteiger partial charge in [0.2, 0.25) is 0 Å². The van der Waals surface area contributed by atoms with Gasteiger partial charge in [-0.3, -0.25) is 0 Å². The highest BCUT2D eigenvalue weighted by molar-refractivity contribution is 5.62. The molecule has 310 valence electrons. The quantitative estimate of drug-likeness (QED) is 0.246. The molecule has 1 aromatic heterocycles. The summed E-state index contributed by atoms with van der Waals surface area (Å²) in [4.78, 5) is 16.2. The third kappa shape index (κ3) is 7.89. The molecule has 6 unspecified atom stereocenters. The lowest BCUT2D eigenvalue weighted by Gasteiger charge is -2.38. The number of allylic oxidation sites excluding steroid dienone is 21.